The van der Waals surface area contributed by atoms with Gasteiger partial charge in [-0.1, -0.05) is 24.6 Å². The molecule has 0 heterocycles. The highest BCUT2D eigenvalue weighted by Gasteiger charge is 2.18. The summed E-state index contributed by atoms with van der Waals surface area (Å²) < 4.78 is 16.4. The number of hydrogen-bond acceptors (Lipinski definition) is 4. The Labute approximate surface area is 165 Å². The molecule has 0 fully saturated rings. The minimum absolute atomic E-state index is 0.134. The van der Waals surface area contributed by atoms with Crippen LogP contribution in [0.2, 0.25) is 5.02 Å². The highest BCUT2D eigenvalue weighted by Crippen LogP contribution is 2.27. The molecule has 0 saturated carbocycles. The van der Waals surface area contributed by atoms with Gasteiger partial charge in [-0.3, -0.25) is 4.79 Å². The summed E-state index contributed by atoms with van der Waals surface area (Å²) in [6, 6.07) is 11.1. The Bertz CT molecular complexity index is 779. The first-order valence-electron chi connectivity index (χ1n) is 8.89. The molecular formula is C21H26ClNO4. The van der Waals surface area contributed by atoms with Crippen LogP contribution in [0, 0.1) is 6.92 Å². The zero-order chi connectivity index (χ0) is 19.8. The molecule has 0 aromatic heterocycles. The van der Waals surface area contributed by atoms with Gasteiger partial charge in [0.2, 0.25) is 0 Å². The smallest absolute Gasteiger partial charge is 0.261 e. The normalized spacial score (nSPS) is 11.6. The van der Waals surface area contributed by atoms with E-state index in [1.54, 1.807) is 26.4 Å². The summed E-state index contributed by atoms with van der Waals surface area (Å²) >= 11 is 6.03. The van der Waals surface area contributed by atoms with E-state index >= 15 is 0 Å². The number of halogens is 1. The van der Waals surface area contributed by atoms with Crippen molar-refractivity contribution in [1.29, 1.82) is 0 Å². The lowest BCUT2D eigenvalue weighted by atomic mass is 10.1. The monoisotopic (exact) mass is 391 g/mol. The molecule has 1 amide bonds. The van der Waals surface area contributed by atoms with E-state index in [0.717, 1.165) is 11.1 Å². The van der Waals surface area contributed by atoms with Crippen LogP contribution < -0.4 is 19.5 Å². The Morgan fingerprint density at radius 2 is 1.85 bits per heavy atom. The molecule has 27 heavy (non-hydrogen) atoms. The first-order chi connectivity index (χ1) is 13.0. The molecular weight excluding hydrogens is 366 g/mol. The van der Waals surface area contributed by atoms with Crippen molar-refractivity contribution in [2.24, 2.45) is 0 Å². The van der Waals surface area contributed by atoms with Crippen molar-refractivity contribution < 1.29 is 19.0 Å². The predicted molar refractivity (Wildman–Crippen MR) is 107 cm³/mol. The van der Waals surface area contributed by atoms with Gasteiger partial charge in [0.15, 0.2) is 17.6 Å². The summed E-state index contributed by atoms with van der Waals surface area (Å²) in [6.45, 7) is 4.33. The van der Waals surface area contributed by atoms with Crippen LogP contribution in [0.1, 0.15) is 24.5 Å². The van der Waals surface area contributed by atoms with Gasteiger partial charge in [-0.25, -0.2) is 0 Å². The SMILES string of the molecule is CCC(Oc1ccc(Cl)c(C)c1)C(=O)NCCc1ccc(OC)c(OC)c1. The van der Waals surface area contributed by atoms with Gasteiger partial charge in [0, 0.05) is 11.6 Å². The van der Waals surface area contributed by atoms with Crippen molar-refractivity contribution in [3.63, 3.8) is 0 Å². The van der Waals surface area contributed by atoms with Gasteiger partial charge in [-0.15, -0.1) is 0 Å². The molecule has 0 aliphatic heterocycles. The van der Waals surface area contributed by atoms with Crippen LogP contribution in [0.3, 0.4) is 0 Å². The average Bonchev–Trinajstić information content (AvgIpc) is 2.68. The molecule has 1 unspecified atom stereocenters. The minimum Gasteiger partial charge on any atom is -0.493 e. The number of hydrogen-bond donors (Lipinski definition) is 1. The third-order valence-electron chi connectivity index (χ3n) is 4.23. The highest BCUT2D eigenvalue weighted by molar-refractivity contribution is 6.31. The van der Waals surface area contributed by atoms with Gasteiger partial charge < -0.3 is 19.5 Å². The molecule has 2 rings (SSSR count). The number of benzene rings is 2. The van der Waals surface area contributed by atoms with E-state index in [4.69, 9.17) is 25.8 Å². The van der Waals surface area contributed by atoms with E-state index < -0.39 is 6.10 Å². The molecule has 0 radical (unpaired) electrons. The largest absolute Gasteiger partial charge is 0.493 e. The molecule has 0 bridgehead atoms. The molecule has 5 nitrogen and oxygen atoms in total. The van der Waals surface area contributed by atoms with Gasteiger partial charge in [-0.2, -0.15) is 0 Å². The van der Waals surface area contributed by atoms with Crippen molar-refractivity contribution in [3.8, 4) is 17.2 Å². The summed E-state index contributed by atoms with van der Waals surface area (Å²) in [7, 11) is 3.20. The maximum absolute atomic E-state index is 12.4. The molecule has 1 N–H and O–H groups in total. The van der Waals surface area contributed by atoms with Crippen LogP contribution in [-0.4, -0.2) is 32.8 Å². The molecule has 2 aromatic carbocycles. The number of carbonyl (C=O) groups is 1. The topological polar surface area (TPSA) is 56.8 Å². The molecule has 2 aromatic rings. The van der Waals surface area contributed by atoms with Gasteiger partial charge in [0.1, 0.15) is 5.75 Å². The van der Waals surface area contributed by atoms with Crippen LogP contribution in [0.4, 0.5) is 0 Å². The Morgan fingerprint density at radius 1 is 1.11 bits per heavy atom. The van der Waals surface area contributed by atoms with Gasteiger partial charge in [0.05, 0.1) is 14.2 Å². The van der Waals surface area contributed by atoms with Crippen molar-refractivity contribution in [3.05, 3.63) is 52.5 Å². The number of methoxy groups -OCH3 is 2. The fourth-order valence-corrected chi connectivity index (χ4v) is 2.77. The van der Waals surface area contributed by atoms with E-state index in [0.29, 0.717) is 41.7 Å². The van der Waals surface area contributed by atoms with Crippen LogP contribution in [0.5, 0.6) is 17.2 Å². The number of aryl methyl sites for hydroxylation is 1. The molecule has 146 valence electrons. The van der Waals surface area contributed by atoms with E-state index in [1.165, 1.54) is 0 Å². The molecule has 6 heteroatoms. The zero-order valence-corrected chi connectivity index (χ0v) is 16.9. The van der Waals surface area contributed by atoms with E-state index in [2.05, 4.69) is 5.32 Å². The number of ether oxygens (including phenoxy) is 3. The number of amides is 1. The van der Waals surface area contributed by atoms with Crippen LogP contribution in [0.25, 0.3) is 0 Å². The Balaban J connectivity index is 1.90. The fraction of sp³-hybridized carbons (Fsp3) is 0.381. The molecule has 0 saturated heterocycles. The summed E-state index contributed by atoms with van der Waals surface area (Å²) in [5, 5.41) is 3.61. The lowest BCUT2D eigenvalue weighted by Gasteiger charge is -2.18. The van der Waals surface area contributed by atoms with Crippen LogP contribution in [-0.2, 0) is 11.2 Å². The van der Waals surface area contributed by atoms with Gasteiger partial charge >= 0.3 is 0 Å². The molecule has 0 aliphatic carbocycles. The molecule has 0 aliphatic rings. The van der Waals surface area contributed by atoms with Gasteiger partial charge in [0.25, 0.3) is 5.91 Å². The average molecular weight is 392 g/mol. The standard InChI is InChI=1S/C21H26ClNO4/c1-5-18(27-16-7-8-17(22)14(2)12-16)21(24)23-11-10-15-6-9-19(25-3)20(13-15)26-4/h6-9,12-13,18H,5,10-11H2,1-4H3,(H,23,24). The van der Waals surface area contributed by atoms with Crippen molar-refractivity contribution >= 4 is 17.5 Å². The number of rotatable bonds is 9. The molecule has 1 atom stereocenters. The Kier molecular flexibility index (Phi) is 7.80. The number of nitrogens with one attached hydrogen (secondary N) is 1. The fourth-order valence-electron chi connectivity index (χ4n) is 2.66. The zero-order valence-electron chi connectivity index (χ0n) is 16.2. The maximum atomic E-state index is 12.4. The highest BCUT2D eigenvalue weighted by atomic mass is 35.5. The maximum Gasteiger partial charge on any atom is 0.261 e. The van der Waals surface area contributed by atoms with E-state index in [1.807, 2.05) is 38.1 Å². The summed E-state index contributed by atoms with van der Waals surface area (Å²) in [4.78, 5) is 12.4. The van der Waals surface area contributed by atoms with E-state index in [9.17, 15) is 4.79 Å². The first kappa shape index (κ1) is 20.9. The van der Waals surface area contributed by atoms with Crippen molar-refractivity contribution in [2.45, 2.75) is 32.8 Å². The van der Waals surface area contributed by atoms with Crippen LogP contribution in [0.15, 0.2) is 36.4 Å². The second kappa shape index (κ2) is 10.1. The van der Waals surface area contributed by atoms with Crippen molar-refractivity contribution in [2.75, 3.05) is 20.8 Å². The second-order valence-corrected chi connectivity index (χ2v) is 6.56. The summed E-state index contributed by atoms with van der Waals surface area (Å²) in [6.07, 6.45) is 0.711. The second-order valence-electron chi connectivity index (χ2n) is 6.16. The number of carbonyl (C=O) groups excluding carboxylic acids is 1. The molecule has 0 spiro atoms. The Hall–Kier alpha value is -2.40. The first-order valence-corrected chi connectivity index (χ1v) is 9.27. The quantitative estimate of drug-likeness (QED) is 0.696. The predicted octanol–water partition coefficient (Wildman–Crippen LogP) is 4.18. The van der Waals surface area contributed by atoms with E-state index in [-0.39, 0.29) is 5.91 Å². The Morgan fingerprint density at radius 3 is 2.48 bits per heavy atom. The summed E-state index contributed by atoms with van der Waals surface area (Å²) in [5.41, 5.74) is 1.97. The van der Waals surface area contributed by atoms with Crippen molar-refractivity contribution in [1.82, 2.24) is 5.32 Å². The lowest BCUT2D eigenvalue weighted by Crippen LogP contribution is -2.38. The lowest BCUT2D eigenvalue weighted by molar-refractivity contribution is -0.128. The van der Waals surface area contributed by atoms with Gasteiger partial charge in [-0.05, 0) is 61.2 Å². The third-order valence-corrected chi connectivity index (χ3v) is 4.66. The van der Waals surface area contributed by atoms with Crippen LogP contribution >= 0.6 is 11.6 Å². The minimum atomic E-state index is -0.545. The summed E-state index contributed by atoms with van der Waals surface area (Å²) in [5.74, 6) is 1.86. The third kappa shape index (κ3) is 5.79.